The molecular weight excluding hydrogens is 358 g/mol. The second-order valence-electron chi connectivity index (χ2n) is 5.98. The Morgan fingerprint density at radius 2 is 1.96 bits per heavy atom. The van der Waals surface area contributed by atoms with Crippen LogP contribution in [0.1, 0.15) is 32.3 Å². The Morgan fingerprint density at radius 3 is 2.58 bits per heavy atom. The molecule has 1 atom stereocenters. The highest BCUT2D eigenvalue weighted by atomic mass is 35.5. The summed E-state index contributed by atoms with van der Waals surface area (Å²) in [5, 5.41) is 11.9. The molecule has 0 radical (unpaired) electrons. The normalized spacial score (nSPS) is 11.3. The lowest BCUT2D eigenvalue weighted by molar-refractivity contribution is -0.153. The summed E-state index contributed by atoms with van der Waals surface area (Å²) in [5.41, 5.74) is 1.00. The van der Waals surface area contributed by atoms with E-state index in [0.717, 1.165) is 11.3 Å². The van der Waals surface area contributed by atoms with Gasteiger partial charge in [0.2, 0.25) is 0 Å². The third-order valence-electron chi connectivity index (χ3n) is 3.36. The maximum Gasteiger partial charge on any atom is 0.306 e. The molecule has 0 bridgehead atoms. The van der Waals surface area contributed by atoms with Gasteiger partial charge in [0.1, 0.15) is 18.5 Å². The molecule has 0 heterocycles. The van der Waals surface area contributed by atoms with Gasteiger partial charge in [-0.05, 0) is 18.1 Å². The van der Waals surface area contributed by atoms with Crippen LogP contribution in [-0.4, -0.2) is 42.3 Å². The van der Waals surface area contributed by atoms with Crippen LogP contribution in [0.4, 0.5) is 0 Å². The summed E-state index contributed by atoms with van der Waals surface area (Å²) in [4.78, 5) is 22.4. The van der Waals surface area contributed by atoms with E-state index in [1.807, 2.05) is 38.1 Å². The number of allylic oxidation sites excluding steroid dienone is 1. The van der Waals surface area contributed by atoms with Gasteiger partial charge in [-0.3, -0.25) is 9.59 Å². The van der Waals surface area contributed by atoms with E-state index in [2.05, 4.69) is 11.9 Å². The van der Waals surface area contributed by atoms with E-state index in [1.54, 1.807) is 6.08 Å². The fourth-order valence-corrected chi connectivity index (χ4v) is 2.11. The maximum atomic E-state index is 11.8. The number of rotatable bonds is 12. The van der Waals surface area contributed by atoms with E-state index >= 15 is 0 Å². The summed E-state index contributed by atoms with van der Waals surface area (Å²) in [6, 6.07) is 7.85. The molecule has 0 spiro atoms. The van der Waals surface area contributed by atoms with Crippen molar-refractivity contribution < 1.29 is 24.2 Å². The fraction of sp³-hybridized carbons (Fsp3) is 0.474. The zero-order valence-electron chi connectivity index (χ0n) is 15.3. The number of hydrogen-bond acceptors (Lipinski definition) is 5. The SMILES string of the molecule is C=CCc1ccccc1OCC(CNC(C)C)OC(=O)CCC(=O)O.Cl. The number of hydrogen-bond donors (Lipinski definition) is 2. The molecule has 0 aliphatic rings. The van der Waals surface area contributed by atoms with Crippen molar-refractivity contribution in [2.45, 2.75) is 45.3 Å². The lowest BCUT2D eigenvalue weighted by Gasteiger charge is -2.21. The van der Waals surface area contributed by atoms with Gasteiger partial charge in [-0.15, -0.1) is 19.0 Å². The average Bonchev–Trinajstić information content (AvgIpc) is 2.56. The molecule has 0 amide bonds. The van der Waals surface area contributed by atoms with E-state index in [4.69, 9.17) is 14.6 Å². The van der Waals surface area contributed by atoms with E-state index in [9.17, 15) is 9.59 Å². The van der Waals surface area contributed by atoms with Crippen LogP contribution < -0.4 is 10.1 Å². The molecule has 0 aromatic heterocycles. The number of para-hydroxylation sites is 1. The zero-order chi connectivity index (χ0) is 18.7. The standard InChI is InChI=1S/C19H27NO5.ClH/c1-4-7-15-8-5-6-9-17(15)24-13-16(12-20-14(2)3)25-19(23)11-10-18(21)22;/h4-6,8-9,14,16,20H,1,7,10-13H2,2-3H3,(H,21,22);1H. The summed E-state index contributed by atoms with van der Waals surface area (Å²) in [5.74, 6) is -0.845. The smallest absolute Gasteiger partial charge is 0.306 e. The molecule has 7 heteroatoms. The van der Waals surface area contributed by atoms with Crippen molar-refractivity contribution in [3.8, 4) is 5.75 Å². The lowest BCUT2D eigenvalue weighted by Crippen LogP contribution is -2.38. The Bertz CT molecular complexity index is 577. The van der Waals surface area contributed by atoms with Crippen molar-refractivity contribution in [3.05, 3.63) is 42.5 Å². The molecule has 0 saturated carbocycles. The Balaban J connectivity index is 0.00000625. The largest absolute Gasteiger partial charge is 0.489 e. The highest BCUT2D eigenvalue weighted by Crippen LogP contribution is 2.19. The maximum absolute atomic E-state index is 11.8. The van der Waals surface area contributed by atoms with Crippen LogP contribution in [0.2, 0.25) is 0 Å². The molecule has 0 saturated heterocycles. The molecule has 2 N–H and O–H groups in total. The van der Waals surface area contributed by atoms with Gasteiger partial charge in [0, 0.05) is 12.6 Å². The van der Waals surface area contributed by atoms with E-state index in [-0.39, 0.29) is 37.9 Å². The Labute approximate surface area is 161 Å². The molecule has 146 valence electrons. The van der Waals surface area contributed by atoms with Crippen LogP contribution in [0.5, 0.6) is 5.75 Å². The average molecular weight is 386 g/mol. The zero-order valence-corrected chi connectivity index (χ0v) is 16.1. The van der Waals surface area contributed by atoms with Crippen molar-refractivity contribution in [2.24, 2.45) is 0 Å². The number of carboxylic acid groups (broad SMARTS) is 1. The van der Waals surface area contributed by atoms with Gasteiger partial charge < -0.3 is 19.9 Å². The van der Waals surface area contributed by atoms with Gasteiger partial charge in [-0.25, -0.2) is 0 Å². The van der Waals surface area contributed by atoms with Crippen molar-refractivity contribution in [3.63, 3.8) is 0 Å². The minimum absolute atomic E-state index is 0. The molecule has 6 nitrogen and oxygen atoms in total. The van der Waals surface area contributed by atoms with Gasteiger partial charge in [0.25, 0.3) is 0 Å². The van der Waals surface area contributed by atoms with E-state index < -0.39 is 18.0 Å². The number of benzene rings is 1. The number of halogens is 1. The van der Waals surface area contributed by atoms with Crippen molar-refractivity contribution in [1.82, 2.24) is 5.32 Å². The third-order valence-corrected chi connectivity index (χ3v) is 3.36. The molecule has 1 aromatic carbocycles. The first-order chi connectivity index (χ1) is 11.9. The van der Waals surface area contributed by atoms with Gasteiger partial charge in [-0.1, -0.05) is 38.1 Å². The van der Waals surface area contributed by atoms with Crippen LogP contribution in [0, 0.1) is 0 Å². The topological polar surface area (TPSA) is 84.9 Å². The van der Waals surface area contributed by atoms with Gasteiger partial charge >= 0.3 is 11.9 Å². The minimum atomic E-state index is -1.02. The number of aliphatic carboxylic acids is 1. The number of carbonyl (C=O) groups excluding carboxylic acids is 1. The van der Waals surface area contributed by atoms with Crippen LogP contribution in [0.25, 0.3) is 0 Å². The summed E-state index contributed by atoms with van der Waals surface area (Å²) >= 11 is 0. The number of carboxylic acids is 1. The van der Waals surface area contributed by atoms with Crippen LogP contribution in [-0.2, 0) is 20.7 Å². The third kappa shape index (κ3) is 10.1. The quantitative estimate of drug-likeness (QED) is 0.425. The summed E-state index contributed by atoms with van der Waals surface area (Å²) in [7, 11) is 0. The molecule has 0 aliphatic heterocycles. The number of carbonyl (C=O) groups is 2. The highest BCUT2D eigenvalue weighted by Gasteiger charge is 2.17. The summed E-state index contributed by atoms with van der Waals surface area (Å²) < 4.78 is 11.2. The monoisotopic (exact) mass is 385 g/mol. The predicted molar refractivity (Wildman–Crippen MR) is 103 cm³/mol. The van der Waals surface area contributed by atoms with Crippen molar-refractivity contribution in [2.75, 3.05) is 13.2 Å². The van der Waals surface area contributed by atoms with E-state index in [1.165, 1.54) is 0 Å². The highest BCUT2D eigenvalue weighted by molar-refractivity contribution is 5.85. The number of ether oxygens (including phenoxy) is 2. The first-order valence-electron chi connectivity index (χ1n) is 8.38. The van der Waals surface area contributed by atoms with E-state index in [0.29, 0.717) is 13.0 Å². The minimum Gasteiger partial charge on any atom is -0.489 e. The van der Waals surface area contributed by atoms with Gasteiger partial charge in [0.05, 0.1) is 12.8 Å². The second kappa shape index (κ2) is 13.2. The number of esters is 1. The first-order valence-corrected chi connectivity index (χ1v) is 8.38. The van der Waals surface area contributed by atoms with Crippen LogP contribution in [0.15, 0.2) is 36.9 Å². The Hall–Kier alpha value is -2.05. The van der Waals surface area contributed by atoms with Gasteiger partial charge in [0.15, 0.2) is 0 Å². The van der Waals surface area contributed by atoms with Crippen LogP contribution >= 0.6 is 12.4 Å². The Kier molecular flexibility index (Phi) is 12.2. The molecule has 0 aliphatic carbocycles. The molecule has 26 heavy (non-hydrogen) atoms. The van der Waals surface area contributed by atoms with Crippen LogP contribution in [0.3, 0.4) is 0 Å². The number of nitrogens with one attached hydrogen (secondary N) is 1. The van der Waals surface area contributed by atoms with Crippen molar-refractivity contribution in [1.29, 1.82) is 0 Å². The second-order valence-corrected chi connectivity index (χ2v) is 5.98. The summed E-state index contributed by atoms with van der Waals surface area (Å²) in [6.45, 7) is 8.33. The first kappa shape index (κ1) is 23.9. The molecule has 1 aromatic rings. The molecule has 1 rings (SSSR count). The Morgan fingerprint density at radius 1 is 1.27 bits per heavy atom. The molecule has 0 fully saturated rings. The lowest BCUT2D eigenvalue weighted by atomic mass is 10.1. The predicted octanol–water partition coefficient (Wildman–Crippen LogP) is 2.99. The molecule has 1 unspecified atom stereocenters. The fourth-order valence-electron chi connectivity index (χ4n) is 2.11. The summed E-state index contributed by atoms with van der Waals surface area (Å²) in [6.07, 6.45) is 1.59. The van der Waals surface area contributed by atoms with Gasteiger partial charge in [-0.2, -0.15) is 0 Å². The van der Waals surface area contributed by atoms with Crippen molar-refractivity contribution >= 4 is 24.3 Å². The molecular formula is C19H28ClNO5.